The number of nitrogens with zero attached hydrogens (tertiary/aromatic N) is 3. The number of fused-ring (bicyclic) bond motifs is 2. The largest absolute Gasteiger partial charge is 0.397 e. The molecule has 2 aromatic heterocycles. The highest BCUT2D eigenvalue weighted by atomic mass is 32.1. The molecule has 1 amide bonds. The topological polar surface area (TPSA) is 74.5 Å². The van der Waals surface area contributed by atoms with Gasteiger partial charge in [-0.25, -0.2) is 4.98 Å². The zero-order chi connectivity index (χ0) is 21.4. The van der Waals surface area contributed by atoms with Crippen LogP contribution in [0.2, 0.25) is 0 Å². The van der Waals surface area contributed by atoms with E-state index in [1.807, 2.05) is 42.5 Å². The lowest BCUT2D eigenvalue weighted by molar-refractivity contribution is 0.103. The Morgan fingerprint density at radius 3 is 2.58 bits per heavy atom. The molecule has 1 fully saturated rings. The van der Waals surface area contributed by atoms with Crippen LogP contribution in [0.1, 0.15) is 16.6 Å². The van der Waals surface area contributed by atoms with Crippen molar-refractivity contribution < 1.29 is 4.79 Å². The van der Waals surface area contributed by atoms with Crippen LogP contribution in [0.3, 0.4) is 0 Å². The van der Waals surface area contributed by atoms with Gasteiger partial charge in [0.05, 0.1) is 11.2 Å². The zero-order valence-corrected chi connectivity index (χ0v) is 18.3. The molecule has 7 heteroatoms. The predicted molar refractivity (Wildman–Crippen MR) is 130 cm³/mol. The number of thiophene rings is 1. The Hall–Kier alpha value is -3.16. The molecular formula is C24H25N5OS. The lowest BCUT2D eigenvalue weighted by Gasteiger charge is -2.35. The van der Waals surface area contributed by atoms with Gasteiger partial charge in [0, 0.05) is 48.3 Å². The Morgan fingerprint density at radius 1 is 1.10 bits per heavy atom. The monoisotopic (exact) mass is 431 g/mol. The van der Waals surface area contributed by atoms with Crippen molar-refractivity contribution in [3.05, 3.63) is 59.5 Å². The fraction of sp³-hybridized carbons (Fsp3) is 0.250. The summed E-state index contributed by atoms with van der Waals surface area (Å²) in [4.78, 5) is 23.7. The number of rotatable bonds is 4. The van der Waals surface area contributed by atoms with E-state index in [4.69, 9.17) is 5.73 Å². The van der Waals surface area contributed by atoms with Gasteiger partial charge < -0.3 is 20.9 Å². The van der Waals surface area contributed by atoms with Gasteiger partial charge in [0.2, 0.25) is 0 Å². The first kappa shape index (κ1) is 19.8. The van der Waals surface area contributed by atoms with Crippen molar-refractivity contribution in [2.45, 2.75) is 6.92 Å². The number of hydrogen-bond acceptors (Lipinski definition) is 6. The smallest absolute Gasteiger partial charge is 0.267 e. The van der Waals surface area contributed by atoms with E-state index in [1.54, 1.807) is 0 Å². The van der Waals surface area contributed by atoms with E-state index in [1.165, 1.54) is 17.0 Å². The molecule has 2 aromatic carbocycles. The first-order valence-electron chi connectivity index (χ1n) is 10.6. The molecule has 0 atom stereocenters. The lowest BCUT2D eigenvalue weighted by atomic mass is 10.1. The maximum atomic E-state index is 12.9. The molecule has 158 valence electrons. The Labute approximate surface area is 185 Å². The average Bonchev–Trinajstić information content (AvgIpc) is 3.14. The van der Waals surface area contributed by atoms with E-state index in [0.717, 1.165) is 59.5 Å². The molecule has 0 bridgehead atoms. The Balaban J connectivity index is 1.33. The van der Waals surface area contributed by atoms with Crippen molar-refractivity contribution >= 4 is 55.4 Å². The molecule has 3 heterocycles. The van der Waals surface area contributed by atoms with Gasteiger partial charge in [-0.1, -0.05) is 25.1 Å². The predicted octanol–water partition coefficient (Wildman–Crippen LogP) is 4.43. The SMILES string of the molecule is CCN1CCN(c2ccc(NC(=O)c3sc4nc5ccccc5cc4c3N)cc2)CC1. The number of nitrogens with one attached hydrogen (secondary N) is 1. The fourth-order valence-corrected chi connectivity index (χ4v) is 5.06. The molecule has 0 spiro atoms. The van der Waals surface area contributed by atoms with Gasteiger partial charge in [-0.3, -0.25) is 4.79 Å². The van der Waals surface area contributed by atoms with E-state index < -0.39 is 0 Å². The van der Waals surface area contributed by atoms with Crippen LogP contribution < -0.4 is 16.0 Å². The van der Waals surface area contributed by atoms with Crippen molar-refractivity contribution in [3.8, 4) is 0 Å². The van der Waals surface area contributed by atoms with Gasteiger partial charge in [0.15, 0.2) is 0 Å². The minimum Gasteiger partial charge on any atom is -0.397 e. The summed E-state index contributed by atoms with van der Waals surface area (Å²) in [5.74, 6) is -0.200. The second-order valence-corrected chi connectivity index (χ2v) is 8.80. The molecule has 0 aliphatic carbocycles. The molecule has 1 saturated heterocycles. The molecule has 1 aliphatic rings. The van der Waals surface area contributed by atoms with Crippen LogP contribution in [0, 0.1) is 0 Å². The summed E-state index contributed by atoms with van der Waals surface area (Å²) < 4.78 is 0. The number of carbonyl (C=O) groups excluding carboxylic acids is 1. The number of likely N-dealkylation sites (N-methyl/N-ethyl adjacent to an activating group) is 1. The van der Waals surface area contributed by atoms with Gasteiger partial charge in [-0.05, 0) is 42.9 Å². The minimum absolute atomic E-state index is 0.200. The maximum Gasteiger partial charge on any atom is 0.267 e. The number of hydrogen-bond donors (Lipinski definition) is 2. The highest BCUT2D eigenvalue weighted by Crippen LogP contribution is 2.35. The number of pyridine rings is 1. The van der Waals surface area contributed by atoms with E-state index >= 15 is 0 Å². The van der Waals surface area contributed by atoms with Crippen molar-refractivity contribution in [2.24, 2.45) is 0 Å². The second-order valence-electron chi connectivity index (χ2n) is 7.80. The van der Waals surface area contributed by atoms with Crippen LogP contribution in [0.25, 0.3) is 21.1 Å². The molecule has 5 rings (SSSR count). The van der Waals surface area contributed by atoms with Crippen molar-refractivity contribution in [3.63, 3.8) is 0 Å². The molecule has 4 aromatic rings. The fourth-order valence-electron chi connectivity index (χ4n) is 4.08. The summed E-state index contributed by atoms with van der Waals surface area (Å²) in [5, 5.41) is 4.83. The van der Waals surface area contributed by atoms with Crippen molar-refractivity contribution in [1.29, 1.82) is 0 Å². The minimum atomic E-state index is -0.200. The Bertz CT molecular complexity index is 1240. The molecule has 0 saturated carbocycles. The van der Waals surface area contributed by atoms with Crippen LogP contribution in [-0.4, -0.2) is 48.5 Å². The van der Waals surface area contributed by atoms with Crippen molar-refractivity contribution in [2.75, 3.05) is 48.7 Å². The van der Waals surface area contributed by atoms with Gasteiger partial charge in [0.1, 0.15) is 9.71 Å². The van der Waals surface area contributed by atoms with Crippen LogP contribution >= 0.6 is 11.3 Å². The van der Waals surface area contributed by atoms with E-state index in [9.17, 15) is 4.79 Å². The number of amides is 1. The van der Waals surface area contributed by atoms with Crippen LogP contribution in [-0.2, 0) is 0 Å². The number of carbonyl (C=O) groups is 1. The third kappa shape index (κ3) is 3.82. The third-order valence-corrected chi connectivity index (χ3v) is 7.05. The first-order chi connectivity index (χ1) is 15.1. The molecule has 6 nitrogen and oxygen atoms in total. The normalized spacial score (nSPS) is 14.9. The first-order valence-corrected chi connectivity index (χ1v) is 11.4. The average molecular weight is 432 g/mol. The summed E-state index contributed by atoms with van der Waals surface area (Å²) in [6.45, 7) is 7.53. The van der Waals surface area contributed by atoms with E-state index in [0.29, 0.717) is 10.6 Å². The number of piperazine rings is 1. The standard InChI is InChI=1S/C24H25N5OS/c1-2-28-11-13-29(14-12-28)18-9-7-17(8-10-18)26-23(30)22-21(25)19-15-16-5-3-4-6-20(16)27-24(19)31-22/h3-10,15H,2,11-14,25H2,1H3,(H,26,30). The molecule has 0 radical (unpaired) electrons. The second kappa shape index (κ2) is 8.17. The summed E-state index contributed by atoms with van der Waals surface area (Å²) in [7, 11) is 0. The summed E-state index contributed by atoms with van der Waals surface area (Å²) in [5.41, 5.74) is 9.66. The van der Waals surface area contributed by atoms with Crippen molar-refractivity contribution in [1.82, 2.24) is 9.88 Å². The number of para-hydroxylation sites is 1. The van der Waals surface area contributed by atoms with Gasteiger partial charge in [-0.2, -0.15) is 0 Å². The Morgan fingerprint density at radius 2 is 1.84 bits per heavy atom. The number of aromatic nitrogens is 1. The van der Waals surface area contributed by atoms with E-state index in [2.05, 4.69) is 39.2 Å². The summed E-state index contributed by atoms with van der Waals surface area (Å²) >= 11 is 1.33. The quantitative estimate of drug-likeness (QED) is 0.500. The molecule has 0 unspecified atom stereocenters. The van der Waals surface area contributed by atoms with E-state index in [-0.39, 0.29) is 5.91 Å². The van der Waals surface area contributed by atoms with Gasteiger partial charge in [0.25, 0.3) is 5.91 Å². The van der Waals surface area contributed by atoms with Crippen LogP contribution in [0.5, 0.6) is 0 Å². The lowest BCUT2D eigenvalue weighted by Crippen LogP contribution is -2.46. The van der Waals surface area contributed by atoms with Gasteiger partial charge >= 0.3 is 0 Å². The number of benzene rings is 2. The zero-order valence-electron chi connectivity index (χ0n) is 17.5. The number of anilines is 3. The number of nitrogens with two attached hydrogens (primary N) is 1. The third-order valence-electron chi connectivity index (χ3n) is 5.94. The number of nitrogen functional groups attached to an aromatic ring is 1. The van der Waals surface area contributed by atoms with Crippen LogP contribution in [0.15, 0.2) is 54.6 Å². The Kier molecular flexibility index (Phi) is 5.21. The molecule has 1 aliphatic heterocycles. The van der Waals surface area contributed by atoms with Gasteiger partial charge in [-0.15, -0.1) is 11.3 Å². The van der Waals surface area contributed by atoms with Crippen LogP contribution in [0.4, 0.5) is 17.1 Å². The highest BCUT2D eigenvalue weighted by Gasteiger charge is 2.19. The summed E-state index contributed by atoms with van der Waals surface area (Å²) in [6.07, 6.45) is 0. The summed E-state index contributed by atoms with van der Waals surface area (Å²) in [6, 6.07) is 18.0. The molecular weight excluding hydrogens is 406 g/mol. The highest BCUT2D eigenvalue weighted by molar-refractivity contribution is 7.21. The molecule has 31 heavy (non-hydrogen) atoms. The molecule has 3 N–H and O–H groups in total. The maximum absolute atomic E-state index is 12.9.